The number of hydrogen-bond donors (Lipinski definition) is 3. The molecule has 8 heteroatoms. The molecule has 0 amide bonds. The van der Waals surface area contributed by atoms with Crippen LogP contribution in [0.15, 0.2) is 36.5 Å². The lowest BCUT2D eigenvalue weighted by atomic mass is 10.2. The third-order valence-electron chi connectivity index (χ3n) is 2.67. The van der Waals surface area contributed by atoms with E-state index in [1.165, 1.54) is 6.07 Å². The van der Waals surface area contributed by atoms with Crippen molar-refractivity contribution in [3.63, 3.8) is 0 Å². The molecule has 23 heavy (non-hydrogen) atoms. The van der Waals surface area contributed by atoms with E-state index in [-0.39, 0.29) is 11.1 Å². The average molecular weight is 343 g/mol. The Morgan fingerprint density at radius 2 is 1.91 bits per heavy atom. The van der Waals surface area contributed by atoms with Gasteiger partial charge in [-0.15, -0.1) is 0 Å². The number of benzene rings is 1. The van der Waals surface area contributed by atoms with Crippen molar-refractivity contribution in [3.8, 4) is 0 Å². The first-order valence-corrected chi connectivity index (χ1v) is 6.92. The average Bonchev–Trinajstić information content (AvgIpc) is 2.79. The number of carboxylic acids is 2. The van der Waals surface area contributed by atoms with Gasteiger partial charge in [-0.1, -0.05) is 11.6 Å². The SMILES string of the molecule is C[C@H](N)Cn1ccc2cc(Cl)c(F)cc21.O=C(O)C=CC(=O)O. The molecule has 0 aliphatic rings. The molecule has 0 fully saturated rings. The highest BCUT2D eigenvalue weighted by atomic mass is 35.5. The molecule has 0 bridgehead atoms. The van der Waals surface area contributed by atoms with Gasteiger partial charge < -0.3 is 20.5 Å². The number of fused-ring (bicyclic) bond motifs is 1. The highest BCUT2D eigenvalue weighted by molar-refractivity contribution is 6.31. The summed E-state index contributed by atoms with van der Waals surface area (Å²) in [6, 6.07) is 5.02. The summed E-state index contributed by atoms with van der Waals surface area (Å²) in [4.78, 5) is 19.1. The fourth-order valence-corrected chi connectivity index (χ4v) is 1.97. The summed E-state index contributed by atoms with van der Waals surface area (Å²) in [6.45, 7) is 2.59. The van der Waals surface area contributed by atoms with Gasteiger partial charge in [-0.3, -0.25) is 0 Å². The minimum atomic E-state index is -1.26. The molecule has 1 aromatic heterocycles. The molecule has 0 aliphatic carbocycles. The molecule has 0 radical (unpaired) electrons. The number of carboxylic acid groups (broad SMARTS) is 2. The largest absolute Gasteiger partial charge is 0.478 e. The van der Waals surface area contributed by atoms with E-state index in [0.717, 1.165) is 10.9 Å². The quantitative estimate of drug-likeness (QED) is 0.740. The lowest BCUT2D eigenvalue weighted by Gasteiger charge is -2.08. The predicted octanol–water partition coefficient (Wildman–Crippen LogP) is 2.49. The summed E-state index contributed by atoms with van der Waals surface area (Å²) >= 11 is 5.69. The second-order valence-electron chi connectivity index (χ2n) is 4.78. The zero-order valence-corrected chi connectivity index (χ0v) is 13.0. The van der Waals surface area contributed by atoms with Crippen LogP contribution in [0.5, 0.6) is 0 Å². The number of halogens is 2. The molecule has 0 unspecified atom stereocenters. The molecule has 2 rings (SSSR count). The Kier molecular flexibility index (Phi) is 6.74. The Labute approximate surface area is 136 Å². The molecule has 0 spiro atoms. The zero-order chi connectivity index (χ0) is 17.6. The van der Waals surface area contributed by atoms with Gasteiger partial charge in [0, 0.05) is 36.3 Å². The van der Waals surface area contributed by atoms with Crippen LogP contribution in [0, 0.1) is 5.82 Å². The van der Waals surface area contributed by atoms with Crippen molar-refractivity contribution in [1.82, 2.24) is 4.57 Å². The van der Waals surface area contributed by atoms with Crippen LogP contribution in [0.2, 0.25) is 5.02 Å². The van der Waals surface area contributed by atoms with Crippen LogP contribution in [0.3, 0.4) is 0 Å². The summed E-state index contributed by atoms with van der Waals surface area (Å²) < 4.78 is 15.2. The maximum absolute atomic E-state index is 13.3. The third-order valence-corrected chi connectivity index (χ3v) is 2.96. The maximum Gasteiger partial charge on any atom is 0.328 e. The Morgan fingerprint density at radius 1 is 1.35 bits per heavy atom. The molecule has 1 aromatic carbocycles. The molecule has 0 saturated carbocycles. The summed E-state index contributed by atoms with van der Waals surface area (Å²) in [5, 5.41) is 16.7. The third kappa shape index (κ3) is 6.09. The van der Waals surface area contributed by atoms with Gasteiger partial charge in [0.15, 0.2) is 0 Å². The van der Waals surface area contributed by atoms with Gasteiger partial charge in [0.1, 0.15) is 5.82 Å². The molecule has 1 heterocycles. The number of nitrogens with two attached hydrogens (primary N) is 1. The van der Waals surface area contributed by atoms with Gasteiger partial charge in [0.2, 0.25) is 0 Å². The summed E-state index contributed by atoms with van der Waals surface area (Å²) in [5.74, 6) is -2.91. The van der Waals surface area contributed by atoms with E-state index in [2.05, 4.69) is 0 Å². The highest BCUT2D eigenvalue weighted by Gasteiger charge is 2.07. The first kappa shape index (κ1) is 18.7. The van der Waals surface area contributed by atoms with Crippen molar-refractivity contribution >= 4 is 34.4 Å². The van der Waals surface area contributed by atoms with E-state index < -0.39 is 17.8 Å². The van der Waals surface area contributed by atoms with Crippen molar-refractivity contribution in [1.29, 1.82) is 0 Å². The Bertz CT molecular complexity index is 724. The number of rotatable bonds is 4. The smallest absolute Gasteiger partial charge is 0.328 e. The van der Waals surface area contributed by atoms with Crippen molar-refractivity contribution < 1.29 is 24.2 Å². The minimum Gasteiger partial charge on any atom is -0.478 e. The van der Waals surface area contributed by atoms with Crippen molar-refractivity contribution in [2.24, 2.45) is 5.73 Å². The van der Waals surface area contributed by atoms with Crippen LogP contribution in [-0.4, -0.2) is 32.8 Å². The van der Waals surface area contributed by atoms with Crippen LogP contribution >= 0.6 is 11.6 Å². The minimum absolute atomic E-state index is 0.0411. The first-order chi connectivity index (χ1) is 10.7. The van der Waals surface area contributed by atoms with E-state index in [1.54, 1.807) is 6.07 Å². The molecule has 0 saturated heterocycles. The molecule has 6 nitrogen and oxygen atoms in total. The topological polar surface area (TPSA) is 106 Å². The van der Waals surface area contributed by atoms with Crippen molar-refractivity contribution in [3.05, 3.63) is 47.4 Å². The Morgan fingerprint density at radius 3 is 2.39 bits per heavy atom. The van der Waals surface area contributed by atoms with Gasteiger partial charge in [0.05, 0.1) is 10.5 Å². The van der Waals surface area contributed by atoms with Crippen LogP contribution in [0.4, 0.5) is 4.39 Å². The highest BCUT2D eigenvalue weighted by Crippen LogP contribution is 2.23. The van der Waals surface area contributed by atoms with E-state index in [9.17, 15) is 14.0 Å². The van der Waals surface area contributed by atoms with Gasteiger partial charge >= 0.3 is 11.9 Å². The predicted molar refractivity (Wildman–Crippen MR) is 85.0 cm³/mol. The lowest BCUT2D eigenvalue weighted by molar-refractivity contribution is -0.134. The Balaban J connectivity index is 0.000000284. The number of hydrogen-bond acceptors (Lipinski definition) is 3. The fraction of sp³-hybridized carbons (Fsp3) is 0.200. The molecular weight excluding hydrogens is 327 g/mol. The monoisotopic (exact) mass is 342 g/mol. The number of aromatic nitrogens is 1. The number of nitrogens with zero attached hydrogens (tertiary/aromatic N) is 1. The number of aliphatic carboxylic acids is 2. The molecule has 124 valence electrons. The zero-order valence-electron chi connectivity index (χ0n) is 12.2. The Hall–Kier alpha value is -2.38. The summed E-state index contributed by atoms with van der Waals surface area (Å²) in [7, 11) is 0. The van der Waals surface area contributed by atoms with Crippen molar-refractivity contribution in [2.75, 3.05) is 0 Å². The second-order valence-corrected chi connectivity index (χ2v) is 5.19. The van der Waals surface area contributed by atoms with Crippen LogP contribution in [0.25, 0.3) is 10.9 Å². The van der Waals surface area contributed by atoms with E-state index >= 15 is 0 Å². The molecule has 2 aromatic rings. The van der Waals surface area contributed by atoms with Gasteiger partial charge in [-0.25, -0.2) is 14.0 Å². The normalized spacial score (nSPS) is 12.0. The molecule has 1 atom stereocenters. The molecule has 4 N–H and O–H groups in total. The fourth-order valence-electron chi connectivity index (χ4n) is 1.80. The van der Waals surface area contributed by atoms with E-state index in [0.29, 0.717) is 18.7 Å². The van der Waals surface area contributed by atoms with Gasteiger partial charge in [-0.05, 0) is 25.1 Å². The number of carbonyl (C=O) groups is 2. The summed E-state index contributed by atoms with van der Waals surface area (Å²) in [5.41, 5.74) is 6.53. The first-order valence-electron chi connectivity index (χ1n) is 6.54. The van der Waals surface area contributed by atoms with Gasteiger partial charge in [0.25, 0.3) is 0 Å². The van der Waals surface area contributed by atoms with Crippen LogP contribution < -0.4 is 5.73 Å². The molecule has 0 aliphatic heterocycles. The van der Waals surface area contributed by atoms with Crippen molar-refractivity contribution in [2.45, 2.75) is 19.5 Å². The lowest BCUT2D eigenvalue weighted by Crippen LogP contribution is -2.21. The van der Waals surface area contributed by atoms with Crippen LogP contribution in [-0.2, 0) is 16.1 Å². The van der Waals surface area contributed by atoms with Gasteiger partial charge in [-0.2, -0.15) is 0 Å². The maximum atomic E-state index is 13.3. The summed E-state index contributed by atoms with van der Waals surface area (Å²) in [6.07, 6.45) is 3.01. The molecular formula is C15H16ClFN2O4. The standard InChI is InChI=1S/C11H12ClFN2.C4H4O4/c1-7(14)6-15-3-2-8-4-9(12)10(13)5-11(8)15;5-3(6)1-2-4(7)8/h2-5,7H,6,14H2,1H3;1-2H,(H,5,6)(H,7,8)/t7-;/m0./s1. The van der Waals surface area contributed by atoms with Crippen LogP contribution in [0.1, 0.15) is 6.92 Å². The van der Waals surface area contributed by atoms with E-state index in [4.69, 9.17) is 27.5 Å². The van der Waals surface area contributed by atoms with E-state index in [1.807, 2.05) is 23.8 Å². The second kappa shape index (κ2) is 8.30.